The van der Waals surface area contributed by atoms with Crippen molar-refractivity contribution in [3.05, 3.63) is 28.2 Å². The molecule has 0 radical (unpaired) electrons. The van der Waals surface area contributed by atoms with Gasteiger partial charge in [-0.25, -0.2) is 14.5 Å². The monoisotopic (exact) mass is 474 g/mol. The summed E-state index contributed by atoms with van der Waals surface area (Å²) in [5, 5.41) is -0.0805. The van der Waals surface area contributed by atoms with Crippen molar-refractivity contribution in [1.29, 1.82) is 0 Å². The lowest BCUT2D eigenvalue weighted by atomic mass is 10.1. The van der Waals surface area contributed by atoms with Crippen molar-refractivity contribution in [3.63, 3.8) is 0 Å². The number of nitrogen functional groups attached to an aromatic ring is 1. The number of anilines is 1. The maximum absolute atomic E-state index is 12.7. The van der Waals surface area contributed by atoms with Crippen LogP contribution in [0.25, 0.3) is 0 Å². The first kappa shape index (κ1) is 27.3. The molecule has 12 heteroatoms. The Morgan fingerprint density at radius 2 is 2.13 bits per heavy atom. The molecule has 0 aliphatic carbocycles. The summed E-state index contributed by atoms with van der Waals surface area (Å²) < 4.78 is 15.6. The van der Waals surface area contributed by atoms with Gasteiger partial charge in [0.05, 0.1) is 13.2 Å². The zero-order chi connectivity index (χ0) is 23.6. The van der Waals surface area contributed by atoms with Gasteiger partial charge in [-0.05, 0) is 20.3 Å². The van der Waals surface area contributed by atoms with E-state index >= 15 is 0 Å². The van der Waals surface area contributed by atoms with E-state index in [1.54, 1.807) is 13.8 Å². The highest BCUT2D eigenvalue weighted by Gasteiger charge is 2.21. The van der Waals surface area contributed by atoms with E-state index in [2.05, 4.69) is 14.5 Å². The number of nitrogens with zero attached hydrogens (tertiary/aromatic N) is 3. The number of rotatable bonds is 13. The minimum Gasteiger partial charge on any atom is -0.383 e. The molecule has 1 atom stereocenters. The third-order valence-electron chi connectivity index (χ3n) is 4.53. The molecule has 174 valence electrons. The topological polar surface area (TPSA) is 156 Å². The van der Waals surface area contributed by atoms with Crippen LogP contribution in [0.5, 0.6) is 0 Å². The normalized spacial score (nSPS) is 13.5. The number of carbonyl (C=O) groups is 2. The average molecular weight is 475 g/mol. The number of unbranched alkanes of at least 4 members (excludes halogenated alkanes) is 1. The third kappa shape index (κ3) is 9.92. The highest BCUT2D eigenvalue weighted by molar-refractivity contribution is 8.17. The van der Waals surface area contributed by atoms with Gasteiger partial charge in [-0.15, -0.1) is 0 Å². The van der Waals surface area contributed by atoms with Gasteiger partial charge in [-0.3, -0.25) is 14.1 Å². The van der Waals surface area contributed by atoms with Crippen LogP contribution in [0.3, 0.4) is 0 Å². The van der Waals surface area contributed by atoms with Crippen molar-refractivity contribution in [2.45, 2.75) is 59.9 Å². The van der Waals surface area contributed by atoms with Crippen molar-refractivity contribution in [2.75, 3.05) is 12.3 Å². The minimum atomic E-state index is -4.65. The maximum Gasteiger partial charge on any atom is 0.469 e. The van der Waals surface area contributed by atoms with Gasteiger partial charge in [0.2, 0.25) is 6.41 Å². The number of allylic oxidation sites excluding steroid dienone is 1. The van der Waals surface area contributed by atoms with E-state index in [1.165, 1.54) is 11.1 Å². The molecule has 1 aromatic rings. The molecule has 0 spiro atoms. The van der Waals surface area contributed by atoms with Gasteiger partial charge < -0.3 is 20.4 Å². The van der Waals surface area contributed by atoms with Crippen LogP contribution in [-0.4, -0.2) is 42.8 Å². The highest BCUT2D eigenvalue weighted by Crippen LogP contribution is 2.37. The molecule has 0 saturated carbocycles. The predicted molar refractivity (Wildman–Crippen MR) is 119 cm³/mol. The van der Waals surface area contributed by atoms with Crippen LogP contribution < -0.4 is 5.73 Å². The maximum atomic E-state index is 12.7. The molecule has 0 aromatic carbocycles. The zero-order valence-electron chi connectivity index (χ0n) is 18.3. The van der Waals surface area contributed by atoms with Crippen molar-refractivity contribution in [2.24, 2.45) is 5.92 Å². The lowest BCUT2D eigenvalue weighted by Crippen LogP contribution is -2.22. The largest absolute Gasteiger partial charge is 0.469 e. The molecule has 0 aliphatic rings. The molecule has 1 rings (SSSR count). The van der Waals surface area contributed by atoms with Crippen LogP contribution in [-0.2, 0) is 25.2 Å². The number of nitrogens with two attached hydrogens (primary N) is 1. The van der Waals surface area contributed by atoms with Gasteiger partial charge in [-0.2, -0.15) is 0 Å². The Hall–Kier alpha value is -1.78. The van der Waals surface area contributed by atoms with Gasteiger partial charge >= 0.3 is 7.82 Å². The molecule has 1 amide bonds. The number of hydrogen-bond donors (Lipinski definition) is 3. The summed E-state index contributed by atoms with van der Waals surface area (Å²) >= 11 is 0.968. The van der Waals surface area contributed by atoms with E-state index < -0.39 is 7.82 Å². The first-order chi connectivity index (χ1) is 14.5. The Morgan fingerprint density at radius 3 is 2.68 bits per heavy atom. The minimum absolute atomic E-state index is 0.0536. The number of carbonyl (C=O) groups excluding carboxylic acids is 2. The standard InChI is InChI=1S/C19H31N4O6PS/c1-5-6-7-13(2)19(25)31-17(8-9-29-30(26,27)28)14(3)23(12-24)11-16-10-21-15(4)22-18(16)20/h10,12-13H,5-9,11H2,1-4H3,(H2,20,21,22)(H2,26,27,28). The van der Waals surface area contributed by atoms with Crippen LogP contribution in [0, 0.1) is 12.8 Å². The summed E-state index contributed by atoms with van der Waals surface area (Å²) in [4.78, 5) is 52.4. The van der Waals surface area contributed by atoms with Crippen molar-refractivity contribution < 1.29 is 28.5 Å². The Balaban J connectivity index is 3.11. The molecule has 0 fully saturated rings. The van der Waals surface area contributed by atoms with E-state index in [9.17, 15) is 14.2 Å². The van der Waals surface area contributed by atoms with E-state index in [0.717, 1.165) is 31.0 Å². The second-order valence-electron chi connectivity index (χ2n) is 7.11. The third-order valence-corrected chi connectivity index (χ3v) is 6.39. The summed E-state index contributed by atoms with van der Waals surface area (Å²) in [6.45, 7) is 7.02. The number of thioether (sulfide) groups is 1. The first-order valence-electron chi connectivity index (χ1n) is 9.89. The van der Waals surface area contributed by atoms with E-state index in [-0.39, 0.29) is 36.4 Å². The van der Waals surface area contributed by atoms with E-state index in [0.29, 0.717) is 28.4 Å². The van der Waals surface area contributed by atoms with Gasteiger partial charge in [0.15, 0.2) is 5.12 Å². The van der Waals surface area contributed by atoms with Gasteiger partial charge in [0.1, 0.15) is 11.6 Å². The molecular formula is C19H31N4O6PS. The van der Waals surface area contributed by atoms with Crippen molar-refractivity contribution in [1.82, 2.24) is 14.9 Å². The molecule has 0 aliphatic heterocycles. The Morgan fingerprint density at radius 1 is 1.45 bits per heavy atom. The molecule has 1 unspecified atom stereocenters. The molecule has 1 heterocycles. The van der Waals surface area contributed by atoms with Crippen LogP contribution in [0.1, 0.15) is 57.8 Å². The zero-order valence-corrected chi connectivity index (χ0v) is 20.0. The average Bonchev–Trinajstić information content (AvgIpc) is 2.69. The van der Waals surface area contributed by atoms with Crippen LogP contribution >= 0.6 is 19.6 Å². The van der Waals surface area contributed by atoms with E-state index in [4.69, 9.17) is 15.5 Å². The lowest BCUT2D eigenvalue weighted by Gasteiger charge is -2.23. The molecule has 0 saturated heterocycles. The van der Waals surface area contributed by atoms with Gasteiger partial charge in [-0.1, -0.05) is 38.5 Å². The number of aryl methyl sites for hydroxylation is 1. The fourth-order valence-corrected chi connectivity index (χ4v) is 3.97. The first-order valence-corrected chi connectivity index (χ1v) is 12.2. The summed E-state index contributed by atoms with van der Waals surface area (Å²) in [7, 11) is -4.65. The predicted octanol–water partition coefficient (Wildman–Crippen LogP) is 3.14. The second-order valence-corrected chi connectivity index (χ2v) is 9.45. The molecule has 4 N–H and O–H groups in total. The molecular weight excluding hydrogens is 443 g/mol. The molecule has 31 heavy (non-hydrogen) atoms. The van der Waals surface area contributed by atoms with Gasteiger partial charge in [0, 0.05) is 34.7 Å². The van der Waals surface area contributed by atoms with Crippen LogP contribution in [0.4, 0.5) is 5.82 Å². The summed E-state index contributed by atoms with van der Waals surface area (Å²) in [5.41, 5.74) is 6.92. The number of phosphoric acid groups is 1. The molecule has 10 nitrogen and oxygen atoms in total. The molecule has 1 aromatic heterocycles. The summed E-state index contributed by atoms with van der Waals surface area (Å²) in [6, 6.07) is 0. The van der Waals surface area contributed by atoms with Crippen molar-refractivity contribution in [3.8, 4) is 0 Å². The molecule has 0 bridgehead atoms. The summed E-state index contributed by atoms with van der Waals surface area (Å²) in [5.74, 6) is 0.556. The van der Waals surface area contributed by atoms with Crippen LogP contribution in [0.15, 0.2) is 16.8 Å². The highest BCUT2D eigenvalue weighted by atomic mass is 32.2. The number of amides is 1. The number of phosphoric ester groups is 1. The Kier molecular flexibility index (Phi) is 11.4. The van der Waals surface area contributed by atoms with Crippen molar-refractivity contribution >= 4 is 36.9 Å². The van der Waals surface area contributed by atoms with E-state index in [1.807, 2.05) is 13.8 Å². The number of hydrogen-bond acceptors (Lipinski definition) is 8. The smallest absolute Gasteiger partial charge is 0.383 e. The quantitative estimate of drug-likeness (QED) is 0.287. The number of aromatic nitrogens is 2. The second kappa shape index (κ2) is 12.9. The fourth-order valence-electron chi connectivity index (χ4n) is 2.63. The van der Waals surface area contributed by atoms with Crippen LogP contribution in [0.2, 0.25) is 0 Å². The summed E-state index contributed by atoms with van der Waals surface area (Å²) in [6.07, 6.45) is 4.81. The van der Waals surface area contributed by atoms with Gasteiger partial charge in [0.25, 0.3) is 0 Å². The SMILES string of the molecule is CCCCC(C)C(=O)SC(CCOP(=O)(O)O)=C(C)N(C=O)Cc1cnc(C)nc1N. The fraction of sp³-hybridized carbons (Fsp3) is 0.579. The lowest BCUT2D eigenvalue weighted by molar-refractivity contribution is -0.117. The Labute approximate surface area is 186 Å². The Bertz CT molecular complexity index is 845.